The minimum atomic E-state index is -0.225. The Kier molecular flexibility index (Phi) is 3.63. The molecule has 2 aromatic rings. The molecule has 1 aromatic heterocycles. The number of hydrogen-bond donors (Lipinski definition) is 0. The van der Waals surface area contributed by atoms with E-state index in [1.54, 1.807) is 0 Å². The Balaban J connectivity index is 1.39. The smallest absolute Gasteiger partial charge is 0.309 e. The number of hydrogen-bond acceptors (Lipinski definition) is 5. The second-order valence-electron chi connectivity index (χ2n) is 6.58. The van der Waals surface area contributed by atoms with Crippen molar-refractivity contribution in [3.63, 3.8) is 0 Å². The summed E-state index contributed by atoms with van der Waals surface area (Å²) in [5, 5.41) is 0. The van der Waals surface area contributed by atoms with Crippen molar-refractivity contribution in [1.82, 2.24) is 4.98 Å². The van der Waals surface area contributed by atoms with Crippen molar-refractivity contribution in [3.05, 3.63) is 30.2 Å². The molecule has 0 radical (unpaired) electrons. The molecule has 1 heterocycles. The maximum absolute atomic E-state index is 12.3. The highest BCUT2D eigenvalue weighted by Gasteiger charge is 2.41. The normalized spacial score (nSPS) is 27.1. The minimum Gasteiger partial charge on any atom is -0.455 e. The van der Waals surface area contributed by atoms with Gasteiger partial charge in [-0.15, -0.1) is 0 Å². The molecule has 23 heavy (non-hydrogen) atoms. The predicted molar refractivity (Wildman–Crippen MR) is 82.4 cm³/mol. The van der Waals surface area contributed by atoms with Gasteiger partial charge in [0.15, 0.2) is 12.2 Å². The summed E-state index contributed by atoms with van der Waals surface area (Å²) in [7, 11) is 0. The first-order valence-electron chi connectivity index (χ1n) is 8.25. The van der Waals surface area contributed by atoms with Crippen molar-refractivity contribution in [2.24, 2.45) is 17.8 Å². The Labute approximate surface area is 134 Å². The highest BCUT2D eigenvalue weighted by atomic mass is 16.5. The second kappa shape index (κ2) is 5.80. The summed E-state index contributed by atoms with van der Waals surface area (Å²) in [5.41, 5.74) is 1.45. The first kappa shape index (κ1) is 14.4. The molecule has 4 rings (SSSR count). The molecule has 2 atom stereocenters. The quantitative estimate of drug-likeness (QED) is 0.813. The standard InChI is InChI=1S/C18H19NO4/c20-17-11-4-3-5-12(17)9-13(8-11)18(21)22-10-16-19-14-6-1-2-7-15(14)23-16/h1-2,6-7,11-13H,3-5,8-10H2. The number of ether oxygens (including phenoxy) is 1. The predicted octanol–water partition coefficient (Wildman–Crippen LogP) is 3.27. The SMILES string of the molecule is O=C(OCc1nc2ccccc2o1)C1CC2CCCC(C1)C2=O. The molecule has 0 N–H and O–H groups in total. The van der Waals surface area contributed by atoms with Gasteiger partial charge in [-0.1, -0.05) is 18.6 Å². The molecule has 2 unspecified atom stereocenters. The molecule has 2 aliphatic rings. The number of carbonyl (C=O) groups is 2. The lowest BCUT2D eigenvalue weighted by atomic mass is 9.67. The van der Waals surface area contributed by atoms with Gasteiger partial charge in [-0.2, -0.15) is 0 Å². The van der Waals surface area contributed by atoms with Gasteiger partial charge in [0.2, 0.25) is 5.89 Å². The number of para-hydroxylation sites is 2. The van der Waals surface area contributed by atoms with E-state index in [2.05, 4.69) is 4.98 Å². The van der Waals surface area contributed by atoms with Crippen molar-refractivity contribution in [2.75, 3.05) is 0 Å². The molecule has 2 fully saturated rings. The van der Waals surface area contributed by atoms with E-state index >= 15 is 0 Å². The number of Topliss-reactive ketones (excluding diaryl/α,β-unsaturated/α-hetero) is 1. The molecule has 0 spiro atoms. The van der Waals surface area contributed by atoms with Crippen LogP contribution in [0.5, 0.6) is 0 Å². The third-order valence-electron chi connectivity index (χ3n) is 5.06. The molecule has 120 valence electrons. The average molecular weight is 313 g/mol. The second-order valence-corrected chi connectivity index (χ2v) is 6.58. The Morgan fingerprint density at radius 2 is 1.96 bits per heavy atom. The Morgan fingerprint density at radius 1 is 1.22 bits per heavy atom. The lowest BCUT2D eigenvalue weighted by Crippen LogP contribution is -2.39. The number of oxazole rings is 1. The Morgan fingerprint density at radius 3 is 2.70 bits per heavy atom. The van der Waals surface area contributed by atoms with Crippen molar-refractivity contribution in [2.45, 2.75) is 38.7 Å². The zero-order chi connectivity index (χ0) is 15.8. The molecule has 0 aliphatic heterocycles. The van der Waals surface area contributed by atoms with Gasteiger partial charge in [0.25, 0.3) is 0 Å². The van der Waals surface area contributed by atoms with Gasteiger partial charge in [-0.05, 0) is 37.8 Å². The maximum Gasteiger partial charge on any atom is 0.309 e. The van der Waals surface area contributed by atoms with Crippen molar-refractivity contribution >= 4 is 22.9 Å². The molecule has 5 nitrogen and oxygen atoms in total. The average Bonchev–Trinajstić information content (AvgIpc) is 2.95. The first-order chi connectivity index (χ1) is 11.2. The van der Waals surface area contributed by atoms with Gasteiger partial charge in [0.05, 0.1) is 5.92 Å². The van der Waals surface area contributed by atoms with Crippen LogP contribution in [0.2, 0.25) is 0 Å². The lowest BCUT2D eigenvalue weighted by Gasteiger charge is -2.36. The molecule has 1 aromatic carbocycles. The summed E-state index contributed by atoms with van der Waals surface area (Å²) >= 11 is 0. The third-order valence-corrected chi connectivity index (χ3v) is 5.06. The summed E-state index contributed by atoms with van der Waals surface area (Å²) < 4.78 is 10.9. The molecule has 2 saturated carbocycles. The van der Waals surface area contributed by atoms with Crippen LogP contribution in [0.1, 0.15) is 38.0 Å². The van der Waals surface area contributed by atoms with Gasteiger partial charge >= 0.3 is 5.97 Å². The number of carbonyl (C=O) groups excluding carboxylic acids is 2. The van der Waals surface area contributed by atoms with E-state index in [0.717, 1.165) is 24.8 Å². The molecular weight excluding hydrogens is 294 g/mol. The summed E-state index contributed by atoms with van der Waals surface area (Å²) in [6.07, 6.45) is 4.23. The topological polar surface area (TPSA) is 69.4 Å². The van der Waals surface area contributed by atoms with E-state index in [9.17, 15) is 9.59 Å². The van der Waals surface area contributed by atoms with Crippen LogP contribution in [0.15, 0.2) is 28.7 Å². The highest BCUT2D eigenvalue weighted by molar-refractivity contribution is 5.87. The number of esters is 1. The Bertz CT molecular complexity index is 701. The summed E-state index contributed by atoms with van der Waals surface area (Å²) in [6, 6.07) is 7.46. The fraction of sp³-hybridized carbons (Fsp3) is 0.500. The largest absolute Gasteiger partial charge is 0.455 e. The summed E-state index contributed by atoms with van der Waals surface area (Å²) in [6.45, 7) is 0.0489. The van der Waals surface area contributed by atoms with E-state index < -0.39 is 0 Å². The van der Waals surface area contributed by atoms with Gasteiger partial charge in [0, 0.05) is 11.8 Å². The maximum atomic E-state index is 12.3. The highest BCUT2D eigenvalue weighted by Crippen LogP contribution is 2.40. The number of rotatable bonds is 3. The van der Waals surface area contributed by atoms with Crippen LogP contribution in [-0.2, 0) is 20.9 Å². The number of aromatic nitrogens is 1. The van der Waals surface area contributed by atoms with Crippen LogP contribution in [0, 0.1) is 17.8 Å². The van der Waals surface area contributed by atoms with Crippen LogP contribution in [0.25, 0.3) is 11.1 Å². The minimum absolute atomic E-state index is 0.0489. The third kappa shape index (κ3) is 2.76. The zero-order valence-electron chi connectivity index (χ0n) is 12.9. The Hall–Kier alpha value is -2.17. The molecule has 0 amide bonds. The summed E-state index contributed by atoms with van der Waals surface area (Å²) in [5.74, 6) is 0.503. The molecule has 5 heteroatoms. The van der Waals surface area contributed by atoms with Crippen LogP contribution in [-0.4, -0.2) is 16.7 Å². The van der Waals surface area contributed by atoms with Crippen molar-refractivity contribution in [1.29, 1.82) is 0 Å². The monoisotopic (exact) mass is 313 g/mol. The van der Waals surface area contributed by atoms with Crippen molar-refractivity contribution < 1.29 is 18.7 Å². The molecule has 2 bridgehead atoms. The fourth-order valence-electron chi connectivity index (χ4n) is 3.90. The van der Waals surface area contributed by atoms with Crippen LogP contribution in [0.4, 0.5) is 0 Å². The van der Waals surface area contributed by atoms with E-state index in [4.69, 9.17) is 9.15 Å². The van der Waals surface area contributed by atoms with Gasteiger partial charge in [-0.3, -0.25) is 9.59 Å². The van der Waals surface area contributed by atoms with E-state index in [0.29, 0.717) is 30.1 Å². The van der Waals surface area contributed by atoms with Gasteiger partial charge in [-0.25, -0.2) is 4.98 Å². The van der Waals surface area contributed by atoms with Gasteiger partial charge in [0.1, 0.15) is 11.3 Å². The first-order valence-corrected chi connectivity index (χ1v) is 8.25. The van der Waals surface area contributed by atoms with Crippen LogP contribution in [0.3, 0.4) is 0 Å². The van der Waals surface area contributed by atoms with Gasteiger partial charge < -0.3 is 9.15 Å². The van der Waals surface area contributed by atoms with E-state index in [-0.39, 0.29) is 30.3 Å². The summed E-state index contributed by atoms with van der Waals surface area (Å²) in [4.78, 5) is 28.7. The lowest BCUT2D eigenvalue weighted by molar-refractivity contribution is -0.155. The fourth-order valence-corrected chi connectivity index (χ4v) is 3.90. The molecule has 2 aliphatic carbocycles. The zero-order valence-corrected chi connectivity index (χ0v) is 12.9. The number of fused-ring (bicyclic) bond motifs is 3. The van der Waals surface area contributed by atoms with E-state index in [1.807, 2.05) is 24.3 Å². The molecule has 0 saturated heterocycles. The van der Waals surface area contributed by atoms with E-state index in [1.165, 1.54) is 0 Å². The molecular formula is C18H19NO4. The van der Waals surface area contributed by atoms with Crippen LogP contribution < -0.4 is 0 Å². The van der Waals surface area contributed by atoms with Crippen LogP contribution >= 0.6 is 0 Å². The van der Waals surface area contributed by atoms with Crippen molar-refractivity contribution in [3.8, 4) is 0 Å². The number of benzene rings is 1. The number of ketones is 1. The number of nitrogens with zero attached hydrogens (tertiary/aromatic N) is 1.